The van der Waals surface area contributed by atoms with E-state index in [9.17, 15) is 4.79 Å². The number of carbonyl (C=O) groups is 1. The van der Waals surface area contributed by atoms with Gasteiger partial charge in [0.1, 0.15) is 18.0 Å². The first-order chi connectivity index (χ1) is 8.69. The van der Waals surface area contributed by atoms with Crippen molar-refractivity contribution in [2.75, 3.05) is 13.1 Å². The predicted molar refractivity (Wildman–Crippen MR) is 68.5 cm³/mol. The van der Waals surface area contributed by atoms with Crippen LogP contribution in [-0.2, 0) is 4.79 Å². The van der Waals surface area contributed by atoms with E-state index in [1.54, 1.807) is 18.5 Å². The highest BCUT2D eigenvalue weighted by atomic mass is 35.5. The van der Waals surface area contributed by atoms with Crippen LogP contribution in [0.3, 0.4) is 0 Å². The molecule has 2 rings (SSSR count). The van der Waals surface area contributed by atoms with E-state index in [1.807, 2.05) is 4.90 Å². The van der Waals surface area contributed by atoms with Gasteiger partial charge in [-0.1, -0.05) is 11.6 Å². The molecule has 98 valence electrons. The first kappa shape index (κ1) is 13.3. The molecule has 5 nitrogen and oxygen atoms in total. The first-order valence-electron chi connectivity index (χ1n) is 5.91. The Morgan fingerprint density at radius 1 is 1.50 bits per heavy atom. The molecule has 0 bridgehead atoms. The van der Waals surface area contributed by atoms with Gasteiger partial charge in [-0.05, 0) is 12.8 Å². The molecule has 2 heterocycles. The molecule has 1 unspecified atom stereocenters. The minimum absolute atomic E-state index is 0.125. The van der Waals surface area contributed by atoms with E-state index in [2.05, 4.69) is 4.98 Å². The summed E-state index contributed by atoms with van der Waals surface area (Å²) < 4.78 is 5.80. The maximum Gasteiger partial charge on any atom is 0.151 e. The topological polar surface area (TPSA) is 68.5 Å². The fourth-order valence-corrected chi connectivity index (χ4v) is 2.19. The van der Waals surface area contributed by atoms with Gasteiger partial charge in [-0.15, -0.1) is 0 Å². The Morgan fingerprint density at radius 3 is 2.83 bits per heavy atom. The minimum Gasteiger partial charge on any atom is -0.489 e. The van der Waals surface area contributed by atoms with Crippen molar-refractivity contribution in [1.82, 2.24) is 9.88 Å². The average molecular weight is 270 g/mol. The third-order valence-electron chi connectivity index (χ3n) is 3.02. The minimum atomic E-state index is -0.501. The highest BCUT2D eigenvalue weighted by Crippen LogP contribution is 2.21. The van der Waals surface area contributed by atoms with Crippen LogP contribution in [0.5, 0.6) is 5.75 Å². The molecule has 0 amide bonds. The van der Waals surface area contributed by atoms with Crippen molar-refractivity contribution in [3.63, 3.8) is 0 Å². The summed E-state index contributed by atoms with van der Waals surface area (Å²) in [6, 6.07) is 1.75. The lowest BCUT2D eigenvalue weighted by atomic mass is 10.1. The Kier molecular flexibility index (Phi) is 4.52. The zero-order chi connectivity index (χ0) is 13.0. The number of hydrogen-bond acceptors (Lipinski definition) is 5. The second-order valence-electron chi connectivity index (χ2n) is 4.32. The average Bonchev–Trinajstić information content (AvgIpc) is 2.39. The summed E-state index contributed by atoms with van der Waals surface area (Å²) in [4.78, 5) is 16.5. The van der Waals surface area contributed by atoms with Crippen LogP contribution in [0.1, 0.15) is 12.8 Å². The van der Waals surface area contributed by atoms with Crippen molar-refractivity contribution in [2.24, 2.45) is 5.73 Å². The van der Waals surface area contributed by atoms with E-state index in [-0.39, 0.29) is 6.10 Å². The van der Waals surface area contributed by atoms with Gasteiger partial charge in [-0.2, -0.15) is 0 Å². The molecule has 0 saturated carbocycles. The number of aldehydes is 1. The number of pyridine rings is 1. The molecule has 0 radical (unpaired) electrons. The lowest BCUT2D eigenvalue weighted by Crippen LogP contribution is -2.49. The predicted octanol–water partition coefficient (Wildman–Crippen LogP) is 1.06. The molecule has 1 aromatic rings. The molecule has 6 heteroatoms. The molecule has 1 atom stereocenters. The van der Waals surface area contributed by atoms with Gasteiger partial charge in [0.25, 0.3) is 0 Å². The molecule has 1 saturated heterocycles. The number of nitrogens with two attached hydrogens (primary N) is 1. The third kappa shape index (κ3) is 3.41. The Hall–Kier alpha value is -1.17. The molecule has 1 fully saturated rings. The number of aromatic nitrogens is 1. The van der Waals surface area contributed by atoms with Crippen LogP contribution in [0.2, 0.25) is 5.02 Å². The summed E-state index contributed by atoms with van der Waals surface area (Å²) in [5, 5.41) is 0.563. The van der Waals surface area contributed by atoms with Crippen molar-refractivity contribution in [1.29, 1.82) is 0 Å². The lowest BCUT2D eigenvalue weighted by molar-refractivity contribution is -0.113. The summed E-state index contributed by atoms with van der Waals surface area (Å²) in [6.07, 6.45) is 5.29. The molecule has 0 aromatic carbocycles. The molecule has 1 aromatic heterocycles. The quantitative estimate of drug-likeness (QED) is 0.828. The molecule has 1 aliphatic heterocycles. The molecule has 2 N–H and O–H groups in total. The third-order valence-corrected chi connectivity index (χ3v) is 3.23. The monoisotopic (exact) mass is 269 g/mol. The number of hydrogen-bond donors (Lipinski definition) is 1. The Balaban J connectivity index is 1.85. The van der Waals surface area contributed by atoms with Gasteiger partial charge in [-0.25, -0.2) is 0 Å². The fraction of sp³-hybridized carbons (Fsp3) is 0.500. The van der Waals surface area contributed by atoms with Crippen molar-refractivity contribution < 1.29 is 9.53 Å². The first-order valence-corrected chi connectivity index (χ1v) is 6.29. The fourth-order valence-electron chi connectivity index (χ4n) is 2.03. The Morgan fingerprint density at radius 2 is 2.22 bits per heavy atom. The number of piperidine rings is 1. The van der Waals surface area contributed by atoms with Gasteiger partial charge < -0.3 is 15.3 Å². The van der Waals surface area contributed by atoms with Crippen LogP contribution >= 0.6 is 11.6 Å². The maximum absolute atomic E-state index is 10.6. The summed E-state index contributed by atoms with van der Waals surface area (Å²) in [7, 11) is 0. The summed E-state index contributed by atoms with van der Waals surface area (Å²) in [5.41, 5.74) is 5.66. The zero-order valence-electron chi connectivity index (χ0n) is 9.96. The van der Waals surface area contributed by atoms with Gasteiger partial charge in [0.15, 0.2) is 6.29 Å². The number of ether oxygens (including phenoxy) is 1. The van der Waals surface area contributed by atoms with Gasteiger partial charge in [-0.3, -0.25) is 9.88 Å². The van der Waals surface area contributed by atoms with E-state index in [4.69, 9.17) is 22.1 Å². The molecular weight excluding hydrogens is 254 g/mol. The van der Waals surface area contributed by atoms with Crippen LogP contribution < -0.4 is 10.5 Å². The van der Waals surface area contributed by atoms with Crippen molar-refractivity contribution >= 4 is 17.9 Å². The second kappa shape index (κ2) is 6.13. The van der Waals surface area contributed by atoms with Gasteiger partial charge in [0, 0.05) is 25.4 Å². The molecule has 18 heavy (non-hydrogen) atoms. The van der Waals surface area contributed by atoms with Crippen molar-refractivity contribution in [3.8, 4) is 5.75 Å². The van der Waals surface area contributed by atoms with Crippen molar-refractivity contribution in [2.45, 2.75) is 25.1 Å². The normalized spacial score (nSPS) is 19.4. The summed E-state index contributed by atoms with van der Waals surface area (Å²) in [6.45, 7) is 1.52. The zero-order valence-corrected chi connectivity index (χ0v) is 10.7. The number of halogens is 1. The largest absolute Gasteiger partial charge is 0.489 e. The van der Waals surface area contributed by atoms with Crippen LogP contribution in [0.25, 0.3) is 0 Å². The molecular formula is C12H16ClN3O2. The number of nitrogens with zero attached hydrogens (tertiary/aromatic N) is 2. The highest BCUT2D eigenvalue weighted by Gasteiger charge is 2.23. The summed E-state index contributed by atoms with van der Waals surface area (Å²) >= 11 is 5.84. The van der Waals surface area contributed by atoms with Crippen LogP contribution in [-0.4, -0.2) is 41.5 Å². The molecule has 1 aliphatic rings. The summed E-state index contributed by atoms with van der Waals surface area (Å²) in [5.74, 6) is 0.681. The standard InChI is InChI=1S/C12H16ClN3O2/c13-9-5-11(7-15-6-9)18-10-1-3-16(4-2-10)12(14)8-17/h5-8,10,12H,1-4,14H2. The van der Waals surface area contributed by atoms with E-state index >= 15 is 0 Å². The van der Waals surface area contributed by atoms with Crippen LogP contribution in [0.4, 0.5) is 0 Å². The van der Waals surface area contributed by atoms with E-state index in [1.165, 1.54) is 0 Å². The maximum atomic E-state index is 10.6. The highest BCUT2D eigenvalue weighted by molar-refractivity contribution is 6.30. The van der Waals surface area contributed by atoms with Gasteiger partial charge >= 0.3 is 0 Å². The molecule has 0 aliphatic carbocycles. The van der Waals surface area contributed by atoms with E-state index in [0.717, 1.165) is 32.2 Å². The second-order valence-corrected chi connectivity index (χ2v) is 4.76. The Bertz CT molecular complexity index is 408. The SMILES string of the molecule is NC(C=O)N1CCC(Oc2cncc(Cl)c2)CC1. The van der Waals surface area contributed by atoms with Crippen LogP contribution in [0, 0.1) is 0 Å². The smallest absolute Gasteiger partial charge is 0.151 e. The lowest BCUT2D eigenvalue weighted by Gasteiger charge is -2.33. The van der Waals surface area contributed by atoms with Crippen molar-refractivity contribution in [3.05, 3.63) is 23.5 Å². The van der Waals surface area contributed by atoms with Gasteiger partial charge in [0.2, 0.25) is 0 Å². The number of carbonyl (C=O) groups excluding carboxylic acids is 1. The van der Waals surface area contributed by atoms with Crippen LogP contribution in [0.15, 0.2) is 18.5 Å². The van der Waals surface area contributed by atoms with E-state index in [0.29, 0.717) is 10.8 Å². The molecule has 0 spiro atoms. The Labute approximate surface area is 111 Å². The number of likely N-dealkylation sites (tertiary alicyclic amines) is 1. The van der Waals surface area contributed by atoms with E-state index < -0.39 is 6.17 Å². The van der Waals surface area contributed by atoms with Gasteiger partial charge in [0.05, 0.1) is 11.2 Å². The number of rotatable bonds is 4.